The molecule has 2 aromatic rings. The third kappa shape index (κ3) is 5.50. The fourth-order valence-electron chi connectivity index (χ4n) is 3.55. The molecule has 0 saturated carbocycles. The Hall–Kier alpha value is -3.02. The zero-order valence-electron chi connectivity index (χ0n) is 17.5. The van der Waals surface area contributed by atoms with Gasteiger partial charge in [-0.05, 0) is 48.1 Å². The minimum Gasteiger partial charge on any atom is -0.496 e. The Morgan fingerprint density at radius 3 is 2.72 bits per heavy atom. The quantitative estimate of drug-likeness (QED) is 0.583. The van der Waals surface area contributed by atoms with Gasteiger partial charge in [-0.25, -0.2) is 0 Å². The van der Waals surface area contributed by atoms with Crippen LogP contribution in [0.1, 0.15) is 22.3 Å². The molecule has 0 spiro atoms. The second kappa shape index (κ2) is 9.96. The molecule has 0 saturated heterocycles. The molecule has 0 unspecified atom stereocenters. The Labute approximate surface area is 173 Å². The van der Waals surface area contributed by atoms with Crippen LogP contribution in [0.4, 0.5) is 0 Å². The molecule has 2 aromatic carbocycles. The zero-order valence-corrected chi connectivity index (χ0v) is 17.5. The van der Waals surface area contributed by atoms with Crippen molar-refractivity contribution in [2.24, 2.45) is 4.99 Å². The molecule has 0 fully saturated rings. The van der Waals surface area contributed by atoms with Crippen molar-refractivity contribution in [3.8, 4) is 5.75 Å². The number of carbonyl (C=O) groups is 1. The van der Waals surface area contributed by atoms with Crippen LogP contribution in [0, 0.1) is 6.92 Å². The lowest BCUT2D eigenvalue weighted by molar-refractivity contribution is -0.130. The maximum Gasteiger partial charge on any atom is 0.242 e. The number of guanidine groups is 1. The van der Waals surface area contributed by atoms with Gasteiger partial charge < -0.3 is 20.3 Å². The van der Waals surface area contributed by atoms with E-state index in [9.17, 15) is 4.79 Å². The van der Waals surface area contributed by atoms with Gasteiger partial charge in [0, 0.05) is 26.7 Å². The first-order chi connectivity index (χ1) is 14.1. The summed E-state index contributed by atoms with van der Waals surface area (Å²) in [7, 11) is 3.40. The van der Waals surface area contributed by atoms with E-state index < -0.39 is 0 Å². The van der Waals surface area contributed by atoms with Crippen molar-refractivity contribution in [3.05, 3.63) is 64.7 Å². The molecule has 6 heteroatoms. The number of hydrogen-bond acceptors (Lipinski definition) is 3. The fourth-order valence-corrected chi connectivity index (χ4v) is 3.55. The summed E-state index contributed by atoms with van der Waals surface area (Å²) in [4.78, 5) is 18.7. The van der Waals surface area contributed by atoms with Gasteiger partial charge in [0.15, 0.2) is 5.96 Å². The second-order valence-corrected chi connectivity index (χ2v) is 7.24. The first-order valence-corrected chi connectivity index (χ1v) is 10.0. The molecule has 0 radical (unpaired) electrons. The summed E-state index contributed by atoms with van der Waals surface area (Å²) >= 11 is 0. The van der Waals surface area contributed by atoms with Gasteiger partial charge in [-0.15, -0.1) is 0 Å². The number of nitrogens with zero attached hydrogens (tertiary/aromatic N) is 2. The summed E-state index contributed by atoms with van der Waals surface area (Å²) in [5.74, 6) is 1.62. The SMILES string of the molecule is CN=C(NCCc1ccc(C)c(OC)c1)NCC(=O)N1CCc2ccccc2C1. The number of methoxy groups -OCH3 is 1. The predicted molar refractivity (Wildman–Crippen MR) is 116 cm³/mol. The Morgan fingerprint density at radius 2 is 1.97 bits per heavy atom. The van der Waals surface area contributed by atoms with E-state index in [1.165, 1.54) is 16.7 Å². The lowest BCUT2D eigenvalue weighted by atomic mass is 10.00. The number of ether oxygens (including phenoxy) is 1. The fraction of sp³-hybridized carbons (Fsp3) is 0.391. The maximum absolute atomic E-state index is 12.6. The van der Waals surface area contributed by atoms with Crippen LogP contribution in [0.3, 0.4) is 0 Å². The number of rotatable bonds is 6. The van der Waals surface area contributed by atoms with Gasteiger partial charge in [0.2, 0.25) is 5.91 Å². The van der Waals surface area contributed by atoms with Gasteiger partial charge >= 0.3 is 0 Å². The van der Waals surface area contributed by atoms with Gasteiger partial charge in [0.1, 0.15) is 5.75 Å². The van der Waals surface area contributed by atoms with Crippen LogP contribution in [0.25, 0.3) is 0 Å². The molecule has 0 aliphatic carbocycles. The van der Waals surface area contributed by atoms with Gasteiger partial charge in [-0.3, -0.25) is 9.79 Å². The third-order valence-electron chi connectivity index (χ3n) is 5.29. The van der Waals surface area contributed by atoms with Gasteiger partial charge in [-0.1, -0.05) is 36.4 Å². The minimum atomic E-state index is 0.0886. The van der Waals surface area contributed by atoms with Gasteiger partial charge in [-0.2, -0.15) is 0 Å². The van der Waals surface area contributed by atoms with Crippen LogP contribution in [-0.2, 0) is 24.2 Å². The van der Waals surface area contributed by atoms with E-state index in [4.69, 9.17) is 4.74 Å². The topological polar surface area (TPSA) is 66.0 Å². The van der Waals surface area contributed by atoms with Gasteiger partial charge in [0.25, 0.3) is 0 Å². The van der Waals surface area contributed by atoms with Crippen molar-refractivity contribution in [1.82, 2.24) is 15.5 Å². The Kier molecular flexibility index (Phi) is 7.11. The first-order valence-electron chi connectivity index (χ1n) is 10.0. The molecule has 1 aliphatic rings. The molecule has 0 bridgehead atoms. The minimum absolute atomic E-state index is 0.0886. The second-order valence-electron chi connectivity index (χ2n) is 7.24. The van der Waals surface area contributed by atoms with E-state index in [1.807, 2.05) is 17.9 Å². The molecule has 1 heterocycles. The van der Waals surface area contributed by atoms with E-state index in [2.05, 4.69) is 52.0 Å². The predicted octanol–water partition coefficient (Wildman–Crippen LogP) is 2.30. The standard InChI is InChI=1S/C23H30N4O2/c1-17-8-9-18(14-21(17)29-3)10-12-25-23(24-2)26-15-22(28)27-13-11-19-6-4-5-7-20(19)16-27/h4-9,14H,10-13,15-16H2,1-3H3,(H2,24,25,26). The average molecular weight is 395 g/mol. The molecule has 1 amide bonds. The van der Waals surface area contributed by atoms with E-state index >= 15 is 0 Å². The van der Waals surface area contributed by atoms with Crippen molar-refractivity contribution in [1.29, 1.82) is 0 Å². The van der Waals surface area contributed by atoms with Crippen molar-refractivity contribution in [2.75, 3.05) is 33.8 Å². The molecule has 0 atom stereocenters. The molecule has 2 N–H and O–H groups in total. The van der Waals surface area contributed by atoms with E-state index in [1.54, 1.807) is 14.2 Å². The molecular formula is C23H30N4O2. The number of benzene rings is 2. The Bertz CT molecular complexity index is 879. The molecule has 6 nitrogen and oxygen atoms in total. The smallest absolute Gasteiger partial charge is 0.242 e. The van der Waals surface area contributed by atoms with Crippen LogP contribution in [0.2, 0.25) is 0 Å². The summed E-state index contributed by atoms with van der Waals surface area (Å²) in [6.45, 7) is 4.43. The Morgan fingerprint density at radius 1 is 1.17 bits per heavy atom. The highest BCUT2D eigenvalue weighted by molar-refractivity contribution is 5.86. The third-order valence-corrected chi connectivity index (χ3v) is 5.29. The van der Waals surface area contributed by atoms with Crippen LogP contribution in [0.15, 0.2) is 47.5 Å². The number of aryl methyl sites for hydroxylation is 1. The number of carbonyl (C=O) groups excluding carboxylic acids is 1. The Balaban J connectivity index is 1.44. The normalized spacial score (nSPS) is 13.6. The summed E-state index contributed by atoms with van der Waals surface area (Å²) in [6, 6.07) is 14.6. The van der Waals surface area contributed by atoms with Crippen molar-refractivity contribution >= 4 is 11.9 Å². The summed E-state index contributed by atoms with van der Waals surface area (Å²) in [5, 5.41) is 6.40. The first kappa shape index (κ1) is 20.7. The number of amides is 1. The maximum atomic E-state index is 12.6. The molecule has 3 rings (SSSR count). The van der Waals surface area contributed by atoms with Crippen LogP contribution in [0.5, 0.6) is 5.75 Å². The molecular weight excluding hydrogens is 364 g/mol. The van der Waals surface area contributed by atoms with Crippen LogP contribution in [-0.4, -0.2) is 50.6 Å². The highest BCUT2D eigenvalue weighted by Crippen LogP contribution is 2.19. The highest BCUT2D eigenvalue weighted by Gasteiger charge is 2.20. The molecule has 29 heavy (non-hydrogen) atoms. The van der Waals surface area contributed by atoms with Crippen molar-refractivity contribution < 1.29 is 9.53 Å². The lowest BCUT2D eigenvalue weighted by Gasteiger charge is -2.29. The molecule has 154 valence electrons. The van der Waals surface area contributed by atoms with E-state index in [-0.39, 0.29) is 12.5 Å². The van der Waals surface area contributed by atoms with Crippen molar-refractivity contribution in [3.63, 3.8) is 0 Å². The van der Waals surface area contributed by atoms with Crippen LogP contribution < -0.4 is 15.4 Å². The van der Waals surface area contributed by atoms with E-state index in [0.29, 0.717) is 12.5 Å². The highest BCUT2D eigenvalue weighted by atomic mass is 16.5. The van der Waals surface area contributed by atoms with Crippen LogP contribution >= 0.6 is 0 Å². The summed E-state index contributed by atoms with van der Waals surface area (Å²) in [6.07, 6.45) is 1.75. The number of nitrogens with one attached hydrogen (secondary N) is 2. The van der Waals surface area contributed by atoms with Crippen molar-refractivity contribution in [2.45, 2.75) is 26.3 Å². The van der Waals surface area contributed by atoms with Gasteiger partial charge in [0.05, 0.1) is 13.7 Å². The van der Waals surface area contributed by atoms with E-state index in [0.717, 1.165) is 37.2 Å². The lowest BCUT2D eigenvalue weighted by Crippen LogP contribution is -2.46. The number of hydrogen-bond donors (Lipinski definition) is 2. The average Bonchev–Trinajstić information content (AvgIpc) is 2.76. The summed E-state index contributed by atoms with van der Waals surface area (Å²) < 4.78 is 5.38. The summed E-state index contributed by atoms with van der Waals surface area (Å²) in [5.41, 5.74) is 4.90. The number of fused-ring (bicyclic) bond motifs is 1. The molecule has 0 aromatic heterocycles. The monoisotopic (exact) mass is 394 g/mol. The molecule has 1 aliphatic heterocycles. The number of aliphatic imine (C=N–C) groups is 1. The zero-order chi connectivity index (χ0) is 20.6. The largest absolute Gasteiger partial charge is 0.496 e.